The monoisotopic (exact) mass is 395 g/mol. The second kappa shape index (κ2) is 6.29. The van der Waals surface area contributed by atoms with Crippen LogP contribution in [0.15, 0.2) is 54.9 Å². The van der Waals surface area contributed by atoms with Gasteiger partial charge in [-0.25, -0.2) is 0 Å². The number of rotatable bonds is 3. The lowest BCUT2D eigenvalue weighted by atomic mass is 9.87. The zero-order valence-electron chi connectivity index (χ0n) is 16.0. The Balaban J connectivity index is 1.81. The minimum Gasteiger partial charge on any atom is -0.493 e. The summed E-state index contributed by atoms with van der Waals surface area (Å²) in [4.78, 5) is 16.5. The van der Waals surface area contributed by atoms with Crippen molar-refractivity contribution < 1.29 is 14.6 Å². The fourth-order valence-electron chi connectivity index (χ4n) is 4.68. The molecule has 1 aliphatic heterocycles. The summed E-state index contributed by atoms with van der Waals surface area (Å²) in [6.07, 6.45) is 4.27. The van der Waals surface area contributed by atoms with Crippen molar-refractivity contribution in [1.29, 1.82) is 0 Å². The number of pyridine rings is 1. The van der Waals surface area contributed by atoms with Gasteiger partial charge in [0.1, 0.15) is 5.75 Å². The molecule has 2 aromatic heterocycles. The summed E-state index contributed by atoms with van der Waals surface area (Å²) in [5.74, 6) is -0.0513. The Labute approximate surface area is 171 Å². The number of nitrogens with zero attached hydrogens (tertiary/aromatic N) is 2. The van der Waals surface area contributed by atoms with Gasteiger partial charge >= 0.3 is 5.97 Å². The van der Waals surface area contributed by atoms with Crippen molar-refractivity contribution in [2.45, 2.75) is 12.8 Å². The number of hydrogen-bond donors (Lipinski definition) is 2. The molecule has 1 aliphatic rings. The fourth-order valence-corrected chi connectivity index (χ4v) is 4.68. The number of aromatic nitrogens is 3. The summed E-state index contributed by atoms with van der Waals surface area (Å²) in [6, 6.07) is 14.0. The smallest absolute Gasteiger partial charge is 0.307 e. The lowest BCUT2D eigenvalue weighted by molar-refractivity contribution is -0.136. The van der Waals surface area contributed by atoms with Crippen LogP contribution in [-0.4, -0.2) is 32.9 Å². The minimum atomic E-state index is -0.881. The molecule has 3 heterocycles. The zero-order chi connectivity index (χ0) is 20.2. The molecule has 5 aromatic rings. The van der Waals surface area contributed by atoms with E-state index in [9.17, 15) is 9.90 Å². The predicted octanol–water partition coefficient (Wildman–Crippen LogP) is 4.49. The van der Waals surface area contributed by atoms with E-state index in [4.69, 9.17) is 9.72 Å². The van der Waals surface area contributed by atoms with Crippen molar-refractivity contribution in [2.24, 2.45) is 0 Å². The summed E-state index contributed by atoms with van der Waals surface area (Å²) in [5.41, 5.74) is 5.44. The highest BCUT2D eigenvalue weighted by molar-refractivity contribution is 6.17. The maximum absolute atomic E-state index is 11.8. The van der Waals surface area contributed by atoms with E-state index in [0.29, 0.717) is 6.61 Å². The first-order valence-electron chi connectivity index (χ1n) is 9.84. The third-order valence-corrected chi connectivity index (χ3v) is 5.90. The van der Waals surface area contributed by atoms with Crippen LogP contribution in [0.1, 0.15) is 11.1 Å². The van der Waals surface area contributed by atoms with E-state index < -0.39 is 5.97 Å². The zero-order valence-corrected chi connectivity index (χ0v) is 16.0. The molecule has 0 bridgehead atoms. The summed E-state index contributed by atoms with van der Waals surface area (Å²) in [6.45, 7) is 0.652. The number of aliphatic carboxylic acids is 1. The van der Waals surface area contributed by atoms with Gasteiger partial charge in [0.25, 0.3) is 0 Å². The second-order valence-corrected chi connectivity index (χ2v) is 7.53. The molecule has 0 saturated carbocycles. The first-order valence-corrected chi connectivity index (χ1v) is 9.84. The number of carboxylic acid groups (broad SMARTS) is 1. The number of benzene rings is 3. The van der Waals surface area contributed by atoms with Gasteiger partial charge in [-0.05, 0) is 40.3 Å². The normalized spacial score (nSPS) is 13.1. The van der Waals surface area contributed by atoms with Gasteiger partial charge in [-0.2, -0.15) is 5.10 Å². The summed E-state index contributed by atoms with van der Waals surface area (Å²) in [7, 11) is 0. The first-order chi connectivity index (χ1) is 14.7. The number of carboxylic acids is 1. The van der Waals surface area contributed by atoms with E-state index in [1.165, 1.54) is 5.56 Å². The molecule has 2 N–H and O–H groups in total. The van der Waals surface area contributed by atoms with Crippen LogP contribution >= 0.6 is 0 Å². The Morgan fingerprint density at radius 2 is 1.97 bits per heavy atom. The van der Waals surface area contributed by atoms with E-state index in [0.717, 1.165) is 61.4 Å². The molecule has 0 aliphatic carbocycles. The van der Waals surface area contributed by atoms with Gasteiger partial charge in [0, 0.05) is 34.3 Å². The van der Waals surface area contributed by atoms with Crippen molar-refractivity contribution in [3.63, 3.8) is 0 Å². The van der Waals surface area contributed by atoms with Crippen molar-refractivity contribution in [3.05, 3.63) is 66.0 Å². The molecule has 6 rings (SSSR count). The van der Waals surface area contributed by atoms with E-state index in [1.807, 2.05) is 48.7 Å². The Kier molecular flexibility index (Phi) is 3.56. The van der Waals surface area contributed by atoms with Crippen LogP contribution < -0.4 is 4.74 Å². The Morgan fingerprint density at radius 3 is 2.83 bits per heavy atom. The first kappa shape index (κ1) is 17.0. The van der Waals surface area contributed by atoms with Crippen LogP contribution in [0.3, 0.4) is 0 Å². The number of ether oxygens (including phenoxy) is 1. The van der Waals surface area contributed by atoms with Gasteiger partial charge in [0.15, 0.2) is 0 Å². The predicted molar refractivity (Wildman–Crippen MR) is 115 cm³/mol. The molecule has 146 valence electrons. The molecule has 0 radical (unpaired) electrons. The Hall–Kier alpha value is -3.93. The molecular weight excluding hydrogens is 378 g/mol. The highest BCUT2D eigenvalue weighted by Crippen LogP contribution is 2.43. The van der Waals surface area contributed by atoms with Crippen LogP contribution in [0.25, 0.3) is 43.7 Å². The fraction of sp³-hybridized carbons (Fsp3) is 0.125. The lowest BCUT2D eigenvalue weighted by Crippen LogP contribution is -2.09. The third-order valence-electron chi connectivity index (χ3n) is 5.90. The highest BCUT2D eigenvalue weighted by atomic mass is 16.5. The van der Waals surface area contributed by atoms with E-state index in [1.54, 1.807) is 6.20 Å². The van der Waals surface area contributed by atoms with Crippen LogP contribution in [0.4, 0.5) is 0 Å². The van der Waals surface area contributed by atoms with Gasteiger partial charge in [0.2, 0.25) is 0 Å². The number of H-pyrrole nitrogens is 1. The molecule has 0 unspecified atom stereocenters. The molecule has 0 amide bonds. The lowest BCUT2D eigenvalue weighted by Gasteiger charge is -2.21. The molecule has 3 aromatic carbocycles. The maximum atomic E-state index is 11.8. The van der Waals surface area contributed by atoms with E-state index >= 15 is 0 Å². The third kappa shape index (κ3) is 2.33. The largest absolute Gasteiger partial charge is 0.493 e. The number of aromatic amines is 1. The molecular formula is C24H17N3O3. The molecule has 0 atom stereocenters. The summed E-state index contributed by atoms with van der Waals surface area (Å²) >= 11 is 0. The average Bonchev–Trinajstić information content (AvgIpc) is 3.25. The Bertz CT molecular complexity index is 1480. The van der Waals surface area contributed by atoms with Crippen molar-refractivity contribution in [2.75, 3.05) is 6.61 Å². The number of hydrogen-bond acceptors (Lipinski definition) is 4. The second-order valence-electron chi connectivity index (χ2n) is 7.53. The minimum absolute atomic E-state index is 0.102. The molecule has 0 spiro atoms. The number of fused-ring (bicyclic) bond motifs is 3. The highest BCUT2D eigenvalue weighted by Gasteiger charge is 2.23. The SMILES string of the molecule is O=C(O)Cc1c(-c2ccc3c4c(ccnc24)CCO3)c2ccccc2c2[nH]ncc12. The van der Waals surface area contributed by atoms with Gasteiger partial charge in [-0.1, -0.05) is 24.3 Å². The summed E-state index contributed by atoms with van der Waals surface area (Å²) in [5, 5.41) is 20.8. The standard InChI is InChI=1S/C24H17N3O3/c28-20(29)11-17-18-12-26-27-23(18)15-4-2-1-3-14(15)22(17)16-5-6-19-21-13(8-10-30-19)7-9-25-24(16)21/h1-7,9,12H,8,10-11H2,(H,26,27)(H,28,29). The average molecular weight is 395 g/mol. The van der Waals surface area contributed by atoms with Gasteiger partial charge in [0.05, 0.1) is 30.3 Å². The molecule has 0 saturated heterocycles. The van der Waals surface area contributed by atoms with Crippen LogP contribution in [-0.2, 0) is 17.6 Å². The van der Waals surface area contributed by atoms with Gasteiger partial charge in [-0.3, -0.25) is 14.9 Å². The Morgan fingerprint density at radius 1 is 1.10 bits per heavy atom. The van der Waals surface area contributed by atoms with E-state index in [2.05, 4.69) is 10.2 Å². The van der Waals surface area contributed by atoms with Gasteiger partial charge < -0.3 is 9.84 Å². The van der Waals surface area contributed by atoms with Crippen LogP contribution in [0, 0.1) is 0 Å². The molecule has 30 heavy (non-hydrogen) atoms. The van der Waals surface area contributed by atoms with E-state index in [-0.39, 0.29) is 6.42 Å². The van der Waals surface area contributed by atoms with Crippen molar-refractivity contribution in [1.82, 2.24) is 15.2 Å². The molecule has 6 heteroatoms. The van der Waals surface area contributed by atoms with Gasteiger partial charge in [-0.15, -0.1) is 0 Å². The van der Waals surface area contributed by atoms with Crippen LogP contribution in [0.5, 0.6) is 5.75 Å². The van der Waals surface area contributed by atoms with Crippen molar-refractivity contribution >= 4 is 38.5 Å². The topological polar surface area (TPSA) is 88.1 Å². The summed E-state index contributed by atoms with van der Waals surface area (Å²) < 4.78 is 5.88. The molecule has 6 nitrogen and oxygen atoms in total. The van der Waals surface area contributed by atoms with Crippen LogP contribution in [0.2, 0.25) is 0 Å². The number of nitrogens with one attached hydrogen (secondary N) is 1. The quantitative estimate of drug-likeness (QED) is 0.470. The number of carbonyl (C=O) groups is 1. The molecule has 0 fully saturated rings. The van der Waals surface area contributed by atoms with Crippen molar-refractivity contribution in [3.8, 4) is 16.9 Å². The maximum Gasteiger partial charge on any atom is 0.307 e.